The van der Waals surface area contributed by atoms with Crippen molar-refractivity contribution in [1.29, 1.82) is 0 Å². The summed E-state index contributed by atoms with van der Waals surface area (Å²) in [7, 11) is 0. The van der Waals surface area contributed by atoms with Crippen molar-refractivity contribution in [2.75, 3.05) is 13.2 Å². The number of amides is 1. The van der Waals surface area contributed by atoms with Gasteiger partial charge in [0.15, 0.2) is 11.6 Å². The van der Waals surface area contributed by atoms with Crippen LogP contribution in [0.5, 0.6) is 5.75 Å². The molecular formula is C47H53N3O5. The van der Waals surface area contributed by atoms with Gasteiger partial charge in [-0.2, -0.15) is 0 Å². The van der Waals surface area contributed by atoms with Crippen molar-refractivity contribution < 1.29 is 24.2 Å². The predicted octanol–water partition coefficient (Wildman–Crippen LogP) is 9.87. The smallest absolute Gasteiger partial charge is 0.312 e. The lowest BCUT2D eigenvalue weighted by atomic mass is 9.85. The third-order valence-corrected chi connectivity index (χ3v) is 9.91. The van der Waals surface area contributed by atoms with Gasteiger partial charge in [-0.05, 0) is 52.6 Å². The molecule has 0 radical (unpaired) electrons. The lowest BCUT2D eigenvalue weighted by Crippen LogP contribution is -2.37. The van der Waals surface area contributed by atoms with Crippen molar-refractivity contribution in [1.82, 2.24) is 15.3 Å². The molecule has 1 unspecified atom stereocenters. The first-order valence-corrected chi connectivity index (χ1v) is 19.4. The molecule has 1 amide bonds. The Morgan fingerprint density at radius 3 is 2.00 bits per heavy atom. The zero-order chi connectivity index (χ0) is 39.2. The van der Waals surface area contributed by atoms with E-state index < -0.39 is 17.8 Å². The van der Waals surface area contributed by atoms with Crippen LogP contribution in [0.25, 0.3) is 22.5 Å². The summed E-state index contributed by atoms with van der Waals surface area (Å²) in [5.74, 6) is -1.76. The fraction of sp³-hybridized carbons (Fsp3) is 0.340. The van der Waals surface area contributed by atoms with E-state index in [1.54, 1.807) is 36.7 Å². The highest BCUT2D eigenvalue weighted by molar-refractivity contribution is 5.98. The first-order chi connectivity index (χ1) is 26.5. The Morgan fingerprint density at radius 2 is 1.38 bits per heavy atom. The highest BCUT2D eigenvalue weighted by Gasteiger charge is 2.27. The topological polar surface area (TPSA) is 118 Å². The van der Waals surface area contributed by atoms with Gasteiger partial charge >= 0.3 is 5.97 Å². The zero-order valence-corrected chi connectivity index (χ0v) is 32.5. The second-order valence-corrected chi connectivity index (χ2v) is 15.2. The maximum Gasteiger partial charge on any atom is 0.312 e. The summed E-state index contributed by atoms with van der Waals surface area (Å²) in [6.45, 7) is 9.19. The van der Waals surface area contributed by atoms with Crippen LogP contribution >= 0.6 is 0 Å². The lowest BCUT2D eigenvalue weighted by molar-refractivity contribution is -0.138. The van der Waals surface area contributed by atoms with E-state index in [0.29, 0.717) is 23.4 Å². The van der Waals surface area contributed by atoms with Crippen LogP contribution in [0.1, 0.15) is 99.2 Å². The maximum absolute atomic E-state index is 13.7. The number of ether oxygens (including phenoxy) is 1. The lowest BCUT2D eigenvalue weighted by Gasteiger charge is -2.20. The van der Waals surface area contributed by atoms with Crippen LogP contribution in [0, 0.1) is 5.92 Å². The maximum atomic E-state index is 13.7. The van der Waals surface area contributed by atoms with Gasteiger partial charge in [-0.25, -0.2) is 9.97 Å². The van der Waals surface area contributed by atoms with E-state index >= 15 is 0 Å². The fourth-order valence-corrected chi connectivity index (χ4v) is 6.48. The summed E-state index contributed by atoms with van der Waals surface area (Å²) >= 11 is 0. The summed E-state index contributed by atoms with van der Waals surface area (Å²) in [5.41, 5.74) is 5.76. The molecule has 0 aliphatic carbocycles. The standard InChI is InChI=1S/C47H53N3O5/c1-5-6-7-8-12-27-55-41-25-21-34(22-26-41)39-30-48-44(49-31-39)37-17-15-33(16-18-37)28-38(29-43(51)36-19-23-40(24-20-36)47(2,3)4)45(52)50-32-42(46(53)54)35-13-10-9-11-14-35/h9-11,13-26,30-31,38,42H,5-8,12,27-29,32H2,1-4H3,(H,50,52)(H,53,54)/t38-,42?/m1/s1. The average molecular weight is 740 g/mol. The molecule has 0 saturated carbocycles. The molecule has 2 N–H and O–H groups in total. The van der Waals surface area contributed by atoms with Crippen molar-refractivity contribution in [2.24, 2.45) is 5.92 Å². The van der Waals surface area contributed by atoms with Crippen LogP contribution in [0.4, 0.5) is 0 Å². The van der Waals surface area contributed by atoms with E-state index in [1.165, 1.54) is 25.7 Å². The second-order valence-electron chi connectivity index (χ2n) is 15.2. The number of carboxylic acid groups (broad SMARTS) is 1. The van der Waals surface area contributed by atoms with Gasteiger partial charge in [0.2, 0.25) is 5.91 Å². The molecular weight excluding hydrogens is 687 g/mol. The molecule has 1 heterocycles. The molecule has 0 aliphatic heterocycles. The Bertz CT molecular complexity index is 1970. The summed E-state index contributed by atoms with van der Waals surface area (Å²) in [5, 5.41) is 12.8. The van der Waals surface area contributed by atoms with Gasteiger partial charge in [-0.3, -0.25) is 14.4 Å². The van der Waals surface area contributed by atoms with Gasteiger partial charge in [0, 0.05) is 48.0 Å². The minimum absolute atomic E-state index is 0.0255. The van der Waals surface area contributed by atoms with Gasteiger partial charge in [-0.15, -0.1) is 0 Å². The number of unbranched alkanes of at least 4 members (excludes halogenated alkanes) is 4. The molecule has 5 aromatic rings. The Morgan fingerprint density at radius 1 is 0.745 bits per heavy atom. The van der Waals surface area contributed by atoms with E-state index in [-0.39, 0.29) is 30.1 Å². The quantitative estimate of drug-likeness (QED) is 0.0639. The third-order valence-electron chi connectivity index (χ3n) is 9.91. The van der Waals surface area contributed by atoms with Gasteiger partial charge in [-0.1, -0.05) is 144 Å². The van der Waals surface area contributed by atoms with Crippen LogP contribution < -0.4 is 10.1 Å². The molecule has 0 aliphatic rings. The highest BCUT2D eigenvalue weighted by atomic mass is 16.5. The molecule has 5 rings (SSSR count). The van der Waals surface area contributed by atoms with Crippen molar-refractivity contribution in [3.05, 3.63) is 138 Å². The van der Waals surface area contributed by atoms with Crippen LogP contribution in [0.2, 0.25) is 0 Å². The van der Waals surface area contributed by atoms with Gasteiger partial charge in [0.1, 0.15) is 5.75 Å². The SMILES string of the molecule is CCCCCCCOc1ccc(-c2cnc(-c3ccc(C[C@H](CC(=O)c4ccc(C(C)(C)C)cc4)C(=O)NCC(C(=O)O)c4ccccc4)cc3)nc2)cc1. The first kappa shape index (κ1) is 40.6. The van der Waals surface area contributed by atoms with Crippen molar-refractivity contribution in [2.45, 2.75) is 84.0 Å². The number of ketones is 1. The average Bonchev–Trinajstić information content (AvgIpc) is 3.19. The van der Waals surface area contributed by atoms with E-state index in [1.807, 2.05) is 78.9 Å². The number of hydrogen-bond donors (Lipinski definition) is 2. The predicted molar refractivity (Wildman–Crippen MR) is 218 cm³/mol. The Hall–Kier alpha value is -5.63. The summed E-state index contributed by atoms with van der Waals surface area (Å²) in [6.07, 6.45) is 9.88. The molecule has 0 spiro atoms. The Kier molecular flexibility index (Phi) is 14.5. The molecule has 55 heavy (non-hydrogen) atoms. The molecule has 8 nitrogen and oxygen atoms in total. The van der Waals surface area contributed by atoms with Gasteiger partial charge in [0.25, 0.3) is 0 Å². The number of benzene rings is 4. The largest absolute Gasteiger partial charge is 0.494 e. The zero-order valence-electron chi connectivity index (χ0n) is 32.5. The minimum atomic E-state index is -1.03. The molecule has 8 heteroatoms. The van der Waals surface area contributed by atoms with E-state index in [9.17, 15) is 19.5 Å². The van der Waals surface area contributed by atoms with Crippen molar-refractivity contribution in [3.63, 3.8) is 0 Å². The molecule has 2 atom stereocenters. The number of carboxylic acids is 1. The number of aliphatic carboxylic acids is 1. The van der Waals surface area contributed by atoms with Crippen molar-refractivity contribution in [3.8, 4) is 28.3 Å². The summed E-state index contributed by atoms with van der Waals surface area (Å²) in [4.78, 5) is 48.7. The van der Waals surface area contributed by atoms with Crippen LogP contribution in [0.3, 0.4) is 0 Å². The Labute approximate surface area is 325 Å². The molecule has 0 saturated heterocycles. The van der Waals surface area contributed by atoms with Crippen LogP contribution in [-0.4, -0.2) is 45.9 Å². The Balaban J connectivity index is 1.25. The highest BCUT2D eigenvalue weighted by Crippen LogP contribution is 2.26. The second kappa shape index (κ2) is 19.6. The molecule has 1 aromatic heterocycles. The molecule has 0 bridgehead atoms. The van der Waals surface area contributed by atoms with Crippen molar-refractivity contribution >= 4 is 17.7 Å². The number of hydrogen-bond acceptors (Lipinski definition) is 6. The number of nitrogens with zero attached hydrogens (tertiary/aromatic N) is 2. The number of carbonyl (C=O) groups is 3. The van der Waals surface area contributed by atoms with Gasteiger partial charge in [0.05, 0.1) is 12.5 Å². The third kappa shape index (κ3) is 11.9. The minimum Gasteiger partial charge on any atom is -0.494 e. The number of aromatic nitrogens is 2. The monoisotopic (exact) mass is 739 g/mol. The molecule has 4 aromatic carbocycles. The van der Waals surface area contributed by atoms with E-state index in [2.05, 4.69) is 43.0 Å². The summed E-state index contributed by atoms with van der Waals surface area (Å²) in [6, 6.07) is 32.0. The first-order valence-electron chi connectivity index (χ1n) is 19.4. The number of rotatable bonds is 19. The van der Waals surface area contributed by atoms with Crippen LogP contribution in [0.15, 0.2) is 116 Å². The number of nitrogens with one attached hydrogen (secondary N) is 1. The number of carbonyl (C=O) groups excluding carboxylic acids is 2. The fourth-order valence-electron chi connectivity index (χ4n) is 6.48. The normalized spacial score (nSPS) is 12.4. The van der Waals surface area contributed by atoms with Crippen LogP contribution in [-0.2, 0) is 21.4 Å². The number of Topliss-reactive ketones (excluding diaryl/α,β-unsaturated/α-hetero) is 1. The summed E-state index contributed by atoms with van der Waals surface area (Å²) < 4.78 is 5.91. The van der Waals surface area contributed by atoms with Gasteiger partial charge < -0.3 is 15.2 Å². The molecule has 0 fully saturated rings. The molecule has 286 valence electrons. The van der Waals surface area contributed by atoms with E-state index in [4.69, 9.17) is 4.74 Å². The van der Waals surface area contributed by atoms with E-state index in [0.717, 1.165) is 46.6 Å².